The zero-order valence-corrected chi connectivity index (χ0v) is 34.0. The number of nitrogens with zero attached hydrogens (tertiary/aromatic N) is 4. The van der Waals surface area contributed by atoms with Gasteiger partial charge in [-0.1, -0.05) is 97.7 Å². The van der Waals surface area contributed by atoms with Crippen molar-refractivity contribution in [2.24, 2.45) is 0 Å². The number of aromatic amines is 1. The number of carbonyl (C=O) groups excluding carboxylic acids is 2. The molecule has 2 N–H and O–H groups in total. The summed E-state index contributed by atoms with van der Waals surface area (Å²) in [5.41, 5.74) is 5.85. The second-order valence-electron chi connectivity index (χ2n) is 13.8. The monoisotopic (exact) mass is 796 g/mol. The third-order valence-corrected chi connectivity index (χ3v) is 11.2. The molecule has 0 radical (unpaired) electrons. The molecule has 0 bridgehead atoms. The molecule has 1 fully saturated rings. The highest BCUT2D eigenvalue weighted by molar-refractivity contribution is 6.35. The first-order chi connectivity index (χ1) is 26.6. The normalized spacial score (nSPS) is 14.3. The molecule has 0 spiro atoms. The molecule has 11 heteroatoms. The lowest BCUT2D eigenvalue weighted by Crippen LogP contribution is -2.48. The van der Waals surface area contributed by atoms with Gasteiger partial charge in [-0.15, -0.1) is 0 Å². The van der Waals surface area contributed by atoms with Crippen molar-refractivity contribution in [3.63, 3.8) is 0 Å². The van der Waals surface area contributed by atoms with Gasteiger partial charge in [-0.3, -0.25) is 9.59 Å². The van der Waals surface area contributed by atoms with Crippen molar-refractivity contribution in [2.45, 2.75) is 65.5 Å². The van der Waals surface area contributed by atoms with Crippen molar-refractivity contribution in [2.75, 3.05) is 29.9 Å². The minimum absolute atomic E-state index is 0.183. The Bertz CT molecular complexity index is 2210. The average molecular weight is 798 g/mol. The summed E-state index contributed by atoms with van der Waals surface area (Å²) in [4.78, 5) is 42.0. The van der Waals surface area contributed by atoms with Crippen molar-refractivity contribution in [1.29, 1.82) is 0 Å². The molecule has 55 heavy (non-hydrogen) atoms. The number of H-pyrrole nitrogens is 1. The summed E-state index contributed by atoms with van der Waals surface area (Å²) in [6.07, 6.45) is 6.58. The Labute approximate surface area is 338 Å². The molecule has 1 aliphatic heterocycles. The van der Waals surface area contributed by atoms with Gasteiger partial charge in [-0.05, 0) is 92.4 Å². The Kier molecular flexibility index (Phi) is 12.9. The van der Waals surface area contributed by atoms with Crippen LogP contribution in [0.2, 0.25) is 15.1 Å². The molecule has 2 amide bonds. The summed E-state index contributed by atoms with van der Waals surface area (Å²) in [7, 11) is 0. The van der Waals surface area contributed by atoms with Gasteiger partial charge in [0, 0.05) is 69.8 Å². The van der Waals surface area contributed by atoms with Crippen LogP contribution in [0.1, 0.15) is 86.6 Å². The number of hydrogen-bond acceptors (Lipinski definition) is 5. The number of anilines is 2. The number of amides is 2. The van der Waals surface area contributed by atoms with E-state index in [4.69, 9.17) is 39.8 Å². The summed E-state index contributed by atoms with van der Waals surface area (Å²) in [5.74, 6) is 0.542. The Hall–Kier alpha value is -4.76. The molecule has 1 saturated heterocycles. The van der Waals surface area contributed by atoms with Crippen molar-refractivity contribution in [1.82, 2.24) is 19.8 Å². The van der Waals surface area contributed by atoms with Gasteiger partial charge in [0.05, 0.1) is 17.4 Å². The van der Waals surface area contributed by atoms with Gasteiger partial charge in [0.25, 0.3) is 5.91 Å². The predicted octanol–water partition coefficient (Wildman–Crippen LogP) is 11.5. The smallest absolute Gasteiger partial charge is 0.272 e. The van der Waals surface area contributed by atoms with Crippen LogP contribution in [0.15, 0.2) is 97.8 Å². The third kappa shape index (κ3) is 8.57. The van der Waals surface area contributed by atoms with E-state index in [0.717, 1.165) is 53.6 Å². The van der Waals surface area contributed by atoms with Crippen molar-refractivity contribution in [3.05, 3.63) is 135 Å². The summed E-state index contributed by atoms with van der Waals surface area (Å²) in [5, 5.41) is 5.63. The third-order valence-electron chi connectivity index (χ3n) is 10.4. The second kappa shape index (κ2) is 17.8. The first kappa shape index (κ1) is 39.9. The maximum absolute atomic E-state index is 14.8. The molecule has 0 saturated carbocycles. The summed E-state index contributed by atoms with van der Waals surface area (Å²) >= 11 is 19.6. The zero-order chi connectivity index (χ0) is 39.2. The van der Waals surface area contributed by atoms with E-state index in [9.17, 15) is 9.59 Å². The number of hydrogen-bond donors (Lipinski definition) is 2. The number of nitrogens with one attached hydrogen (secondary N) is 2. The molecule has 286 valence electrons. The van der Waals surface area contributed by atoms with Crippen LogP contribution in [0.5, 0.6) is 0 Å². The van der Waals surface area contributed by atoms with E-state index in [1.54, 1.807) is 18.5 Å². The molecule has 6 rings (SSSR count). The van der Waals surface area contributed by atoms with Crippen molar-refractivity contribution < 1.29 is 9.59 Å². The molecular formula is C44H47Cl3N6O2. The van der Waals surface area contributed by atoms with E-state index in [1.807, 2.05) is 98.5 Å². The summed E-state index contributed by atoms with van der Waals surface area (Å²) in [6, 6.07) is 24.7. The fourth-order valence-electron chi connectivity index (χ4n) is 7.63. The topological polar surface area (TPSA) is 84.6 Å². The standard InChI is InChI=1S/C44H47Cl3N6O2/c1-6-23-53(39(54)7-2)33-20-24-51(25-21-33)43-37(15-12-22-48-43)50-44(55)41-40(35-19-17-32(46)27-38(35)49-41)42(28(4)30-13-10-9-11-14-30)52(8-3)29(5)34-18-16-31(45)26-36(34)47/h8-19,22,26-27,29,33,49H,3,6-7,20-21,23-25H2,1-2,4-5H3,(H,50,55)/b42-28+. The van der Waals surface area contributed by atoms with Crippen LogP contribution in [0.4, 0.5) is 11.5 Å². The highest BCUT2D eigenvalue weighted by Gasteiger charge is 2.31. The van der Waals surface area contributed by atoms with E-state index in [0.29, 0.717) is 62.9 Å². The van der Waals surface area contributed by atoms with Gasteiger partial charge in [-0.2, -0.15) is 0 Å². The first-order valence-corrected chi connectivity index (χ1v) is 19.9. The number of benzene rings is 3. The molecule has 1 unspecified atom stereocenters. The van der Waals surface area contributed by atoms with Crippen LogP contribution >= 0.6 is 34.8 Å². The molecule has 2 aromatic heterocycles. The lowest BCUT2D eigenvalue weighted by Gasteiger charge is -2.39. The second-order valence-corrected chi connectivity index (χ2v) is 15.1. The lowest BCUT2D eigenvalue weighted by molar-refractivity contribution is -0.133. The molecule has 1 aliphatic rings. The number of allylic oxidation sites excluding steroid dienone is 1. The number of aromatic nitrogens is 2. The van der Waals surface area contributed by atoms with Crippen molar-refractivity contribution in [3.8, 4) is 0 Å². The maximum Gasteiger partial charge on any atom is 0.272 e. The van der Waals surface area contributed by atoms with Gasteiger partial charge < -0.3 is 25.0 Å². The van der Waals surface area contributed by atoms with Crippen LogP contribution < -0.4 is 10.2 Å². The SMILES string of the molecule is C=CN(/C(=C(\C)c1ccccc1)c1c(C(=O)Nc2cccnc2N2CCC(N(CCC)C(=O)CC)CC2)[nH]c2cc(Cl)ccc12)C(C)c1ccc(Cl)cc1Cl. The van der Waals surface area contributed by atoms with Crippen LogP contribution in [0.25, 0.3) is 22.2 Å². The Balaban J connectivity index is 1.42. The first-order valence-electron chi connectivity index (χ1n) is 18.8. The number of rotatable bonds is 13. The quantitative estimate of drug-likeness (QED) is 0.124. The number of halogens is 3. The Morgan fingerprint density at radius 3 is 2.38 bits per heavy atom. The molecule has 5 aromatic rings. The molecule has 8 nitrogen and oxygen atoms in total. The molecule has 3 aromatic carbocycles. The number of carbonyl (C=O) groups is 2. The van der Waals surface area contributed by atoms with E-state index < -0.39 is 0 Å². The van der Waals surface area contributed by atoms with E-state index in [2.05, 4.69) is 33.6 Å². The van der Waals surface area contributed by atoms with Gasteiger partial charge >= 0.3 is 0 Å². The minimum atomic E-state index is -0.339. The van der Waals surface area contributed by atoms with Crippen molar-refractivity contribution >= 4 is 80.3 Å². The largest absolute Gasteiger partial charge is 0.355 e. The lowest BCUT2D eigenvalue weighted by atomic mass is 9.95. The summed E-state index contributed by atoms with van der Waals surface area (Å²) < 4.78 is 0. The average Bonchev–Trinajstić information content (AvgIpc) is 3.57. The van der Waals surface area contributed by atoms with E-state index in [1.165, 1.54) is 0 Å². The van der Waals surface area contributed by atoms with E-state index in [-0.39, 0.29) is 23.9 Å². The highest BCUT2D eigenvalue weighted by atomic mass is 35.5. The van der Waals surface area contributed by atoms with E-state index >= 15 is 0 Å². The number of pyridine rings is 1. The van der Waals surface area contributed by atoms with Crippen LogP contribution in [0, 0.1) is 0 Å². The van der Waals surface area contributed by atoms with Crippen LogP contribution in [0.3, 0.4) is 0 Å². The maximum atomic E-state index is 14.8. The fourth-order valence-corrected chi connectivity index (χ4v) is 8.37. The molecule has 0 aliphatic carbocycles. The number of fused-ring (bicyclic) bond motifs is 1. The zero-order valence-electron chi connectivity index (χ0n) is 31.7. The Morgan fingerprint density at radius 2 is 1.71 bits per heavy atom. The predicted molar refractivity (Wildman–Crippen MR) is 229 cm³/mol. The highest BCUT2D eigenvalue weighted by Crippen LogP contribution is 2.42. The van der Waals surface area contributed by atoms with Crippen LogP contribution in [-0.4, -0.2) is 57.3 Å². The Morgan fingerprint density at radius 1 is 1.00 bits per heavy atom. The molecular weight excluding hydrogens is 751 g/mol. The fraction of sp³-hybridized carbons (Fsp3) is 0.295. The van der Waals surface area contributed by atoms with Gasteiger partial charge in [-0.25, -0.2) is 4.98 Å². The van der Waals surface area contributed by atoms with Gasteiger partial charge in [0.15, 0.2) is 5.82 Å². The number of piperidine rings is 1. The van der Waals surface area contributed by atoms with Crippen LogP contribution in [-0.2, 0) is 4.79 Å². The molecule has 1 atom stereocenters. The van der Waals surface area contributed by atoms with Gasteiger partial charge in [0.1, 0.15) is 5.69 Å². The molecule has 3 heterocycles. The van der Waals surface area contributed by atoms with Gasteiger partial charge in [0.2, 0.25) is 5.91 Å². The minimum Gasteiger partial charge on any atom is -0.355 e. The summed E-state index contributed by atoms with van der Waals surface area (Å²) in [6.45, 7) is 14.6.